The van der Waals surface area contributed by atoms with E-state index in [-0.39, 0.29) is 17.4 Å². The molecule has 0 aliphatic heterocycles. The van der Waals surface area contributed by atoms with Gasteiger partial charge < -0.3 is 9.47 Å². The summed E-state index contributed by atoms with van der Waals surface area (Å²) in [5, 5.41) is 4.60. The van der Waals surface area contributed by atoms with Gasteiger partial charge in [-0.1, -0.05) is 54.6 Å². The smallest absolute Gasteiger partial charge is 0.261 e. The second-order valence-corrected chi connectivity index (χ2v) is 7.22. The van der Waals surface area contributed by atoms with Gasteiger partial charge in [0.25, 0.3) is 5.91 Å². The normalized spacial score (nSPS) is 10.4. The molecule has 3 aromatic rings. The van der Waals surface area contributed by atoms with Gasteiger partial charge in [-0.15, -0.1) is 0 Å². The molecule has 3 N–H and O–H groups in total. The van der Waals surface area contributed by atoms with Crippen LogP contribution in [0.3, 0.4) is 0 Å². The molecule has 0 spiro atoms. The molecule has 3 aromatic carbocycles. The highest BCUT2D eigenvalue weighted by Gasteiger charge is 2.14. The lowest BCUT2D eigenvalue weighted by molar-refractivity contribution is -0.121. The van der Waals surface area contributed by atoms with Crippen molar-refractivity contribution < 1.29 is 19.1 Å². The van der Waals surface area contributed by atoms with Crippen molar-refractivity contribution in [2.75, 3.05) is 19.8 Å². The van der Waals surface area contributed by atoms with E-state index in [4.69, 9.17) is 21.7 Å². The van der Waals surface area contributed by atoms with Crippen LogP contribution >= 0.6 is 12.2 Å². The summed E-state index contributed by atoms with van der Waals surface area (Å²) < 4.78 is 10.9. The van der Waals surface area contributed by atoms with Gasteiger partial charge in [0.2, 0.25) is 5.91 Å². The number of hydrazine groups is 1. The molecule has 0 aromatic heterocycles. The molecule has 166 valence electrons. The number of carbonyl (C=O) groups excluding carboxylic acids is 2. The number of rotatable bonds is 8. The van der Waals surface area contributed by atoms with Crippen LogP contribution in [0.2, 0.25) is 0 Å². The molecular formula is C24H25N3O4S. The van der Waals surface area contributed by atoms with Gasteiger partial charge in [0.15, 0.2) is 5.11 Å². The third-order valence-electron chi connectivity index (χ3n) is 4.59. The van der Waals surface area contributed by atoms with Crippen molar-refractivity contribution in [1.82, 2.24) is 16.2 Å². The highest BCUT2D eigenvalue weighted by Crippen LogP contribution is 2.19. The van der Waals surface area contributed by atoms with E-state index in [0.29, 0.717) is 31.1 Å². The highest BCUT2D eigenvalue weighted by atomic mass is 32.1. The van der Waals surface area contributed by atoms with Crippen LogP contribution in [0.15, 0.2) is 66.7 Å². The fraction of sp³-hybridized carbons (Fsp3) is 0.208. The van der Waals surface area contributed by atoms with Crippen LogP contribution in [0.4, 0.5) is 0 Å². The van der Waals surface area contributed by atoms with Crippen molar-refractivity contribution in [3.05, 3.63) is 77.9 Å². The van der Waals surface area contributed by atoms with E-state index in [1.165, 1.54) is 0 Å². The van der Waals surface area contributed by atoms with Crippen molar-refractivity contribution in [2.45, 2.75) is 13.3 Å². The van der Waals surface area contributed by atoms with Gasteiger partial charge in [0.1, 0.15) is 12.4 Å². The summed E-state index contributed by atoms with van der Waals surface area (Å²) in [6.45, 7) is 3.24. The summed E-state index contributed by atoms with van der Waals surface area (Å²) in [6, 6.07) is 20.5. The lowest BCUT2D eigenvalue weighted by Crippen LogP contribution is -2.48. The SMILES string of the molecule is CCOCCOc1ccccc1C(=O)NC(=S)NNC(=O)Cc1cccc2ccccc12. The lowest BCUT2D eigenvalue weighted by atomic mass is 10.0. The molecule has 0 saturated heterocycles. The first kappa shape index (κ1) is 23.2. The van der Waals surface area contributed by atoms with Gasteiger partial charge in [-0.2, -0.15) is 0 Å². The number of hydrogen-bond acceptors (Lipinski definition) is 5. The van der Waals surface area contributed by atoms with Gasteiger partial charge >= 0.3 is 0 Å². The van der Waals surface area contributed by atoms with Crippen molar-refractivity contribution in [3.63, 3.8) is 0 Å². The maximum atomic E-state index is 12.6. The minimum absolute atomic E-state index is 0.0228. The summed E-state index contributed by atoms with van der Waals surface area (Å²) in [6.07, 6.45) is 0.168. The van der Waals surface area contributed by atoms with E-state index in [1.54, 1.807) is 24.3 Å². The first-order valence-corrected chi connectivity index (χ1v) is 10.7. The second kappa shape index (κ2) is 11.8. The number of benzene rings is 3. The Morgan fingerprint density at radius 1 is 0.906 bits per heavy atom. The summed E-state index contributed by atoms with van der Waals surface area (Å²) >= 11 is 5.14. The Balaban J connectivity index is 1.51. The molecule has 0 radical (unpaired) electrons. The van der Waals surface area contributed by atoms with Crippen molar-refractivity contribution in [3.8, 4) is 5.75 Å². The number of fused-ring (bicyclic) bond motifs is 1. The minimum Gasteiger partial charge on any atom is -0.490 e. The molecule has 0 saturated carbocycles. The molecule has 32 heavy (non-hydrogen) atoms. The van der Waals surface area contributed by atoms with Crippen LogP contribution in [0.1, 0.15) is 22.8 Å². The van der Waals surface area contributed by atoms with E-state index >= 15 is 0 Å². The van der Waals surface area contributed by atoms with Crippen molar-refractivity contribution in [1.29, 1.82) is 0 Å². The van der Waals surface area contributed by atoms with Crippen LogP contribution in [0.25, 0.3) is 10.8 Å². The maximum Gasteiger partial charge on any atom is 0.261 e. The van der Waals surface area contributed by atoms with Crippen LogP contribution in [0.5, 0.6) is 5.75 Å². The number of hydrogen-bond donors (Lipinski definition) is 3. The number of amides is 2. The van der Waals surface area contributed by atoms with Gasteiger partial charge in [-0.05, 0) is 47.6 Å². The lowest BCUT2D eigenvalue weighted by Gasteiger charge is -2.14. The summed E-state index contributed by atoms with van der Waals surface area (Å²) in [5.74, 6) is -0.303. The first-order valence-electron chi connectivity index (χ1n) is 10.2. The zero-order chi connectivity index (χ0) is 22.8. The second-order valence-electron chi connectivity index (χ2n) is 6.81. The third kappa shape index (κ3) is 6.50. The van der Waals surface area contributed by atoms with Crippen LogP contribution in [-0.2, 0) is 16.0 Å². The predicted octanol–water partition coefficient (Wildman–Crippen LogP) is 3.13. The molecular weight excluding hydrogens is 426 g/mol. The largest absolute Gasteiger partial charge is 0.490 e. The Morgan fingerprint density at radius 2 is 1.66 bits per heavy atom. The van der Waals surface area contributed by atoms with Crippen LogP contribution < -0.4 is 20.9 Å². The number of thiocarbonyl (C=S) groups is 1. The van der Waals surface area contributed by atoms with E-state index in [1.807, 2.05) is 49.4 Å². The first-order chi connectivity index (χ1) is 15.6. The topological polar surface area (TPSA) is 88.7 Å². The van der Waals surface area contributed by atoms with E-state index in [9.17, 15) is 9.59 Å². The van der Waals surface area contributed by atoms with E-state index in [0.717, 1.165) is 16.3 Å². The average molecular weight is 452 g/mol. The predicted molar refractivity (Wildman–Crippen MR) is 127 cm³/mol. The van der Waals surface area contributed by atoms with Crippen molar-refractivity contribution in [2.24, 2.45) is 0 Å². The Morgan fingerprint density at radius 3 is 2.50 bits per heavy atom. The fourth-order valence-electron chi connectivity index (χ4n) is 3.13. The molecule has 0 atom stereocenters. The molecule has 0 aliphatic rings. The highest BCUT2D eigenvalue weighted by molar-refractivity contribution is 7.80. The molecule has 0 bridgehead atoms. The Bertz CT molecular complexity index is 1100. The van der Waals surface area contributed by atoms with Crippen LogP contribution in [-0.4, -0.2) is 36.7 Å². The third-order valence-corrected chi connectivity index (χ3v) is 4.80. The molecule has 0 heterocycles. The van der Waals surface area contributed by atoms with Gasteiger partial charge in [-0.25, -0.2) is 0 Å². The Kier molecular flexibility index (Phi) is 8.53. The zero-order valence-electron chi connectivity index (χ0n) is 17.7. The molecule has 8 heteroatoms. The molecule has 0 fully saturated rings. The minimum atomic E-state index is -0.446. The average Bonchev–Trinajstić information content (AvgIpc) is 2.81. The fourth-order valence-corrected chi connectivity index (χ4v) is 3.27. The Labute approximate surface area is 192 Å². The van der Waals surface area contributed by atoms with E-state index in [2.05, 4.69) is 16.2 Å². The van der Waals surface area contributed by atoms with Gasteiger partial charge in [-0.3, -0.25) is 25.8 Å². The molecule has 0 unspecified atom stereocenters. The van der Waals surface area contributed by atoms with Crippen LogP contribution in [0, 0.1) is 0 Å². The number of nitrogens with one attached hydrogen (secondary N) is 3. The number of ether oxygens (including phenoxy) is 2. The maximum absolute atomic E-state index is 12.6. The van der Waals surface area contributed by atoms with Gasteiger partial charge in [0, 0.05) is 6.61 Å². The quantitative estimate of drug-likeness (QED) is 0.277. The van der Waals surface area contributed by atoms with Crippen molar-refractivity contribution >= 4 is 39.9 Å². The number of carbonyl (C=O) groups is 2. The standard InChI is InChI=1S/C24H25N3O4S/c1-2-30-14-15-31-21-13-6-5-12-20(21)23(29)25-24(32)27-26-22(28)16-18-10-7-9-17-8-3-4-11-19(17)18/h3-13H,2,14-16H2,1H3,(H,26,28)(H2,25,27,29,32). The zero-order valence-corrected chi connectivity index (χ0v) is 18.5. The molecule has 3 rings (SSSR count). The number of para-hydroxylation sites is 1. The summed E-state index contributed by atoms with van der Waals surface area (Å²) in [7, 11) is 0. The molecule has 0 aliphatic carbocycles. The molecule has 7 nitrogen and oxygen atoms in total. The Hall–Kier alpha value is -3.49. The monoisotopic (exact) mass is 451 g/mol. The summed E-state index contributed by atoms with van der Waals surface area (Å²) in [5.41, 5.74) is 6.32. The van der Waals surface area contributed by atoms with Gasteiger partial charge in [0.05, 0.1) is 18.6 Å². The summed E-state index contributed by atoms with van der Waals surface area (Å²) in [4.78, 5) is 24.9. The van der Waals surface area contributed by atoms with E-state index < -0.39 is 5.91 Å². The molecule has 2 amide bonds.